The van der Waals surface area contributed by atoms with Gasteiger partial charge in [0, 0.05) is 21.6 Å². The van der Waals surface area contributed by atoms with Gasteiger partial charge in [-0.05, 0) is 30.7 Å². The van der Waals surface area contributed by atoms with Crippen LogP contribution in [-0.4, -0.2) is 21.0 Å². The average Bonchev–Trinajstić information content (AvgIpc) is 2.47. The molecule has 1 aliphatic rings. The third-order valence-corrected chi connectivity index (χ3v) is 5.94. The smallest absolute Gasteiger partial charge is 0.175 e. The Hall–Kier alpha value is -0.960. The van der Waals surface area contributed by atoms with Crippen molar-refractivity contribution in [3.8, 4) is 0 Å². The first-order valence-corrected chi connectivity index (χ1v) is 8.97. The van der Waals surface area contributed by atoms with Crippen molar-refractivity contribution < 1.29 is 9.00 Å². The molecule has 1 aromatic rings. The van der Waals surface area contributed by atoms with Crippen LogP contribution in [0.1, 0.15) is 55.5 Å². The van der Waals surface area contributed by atoms with E-state index in [0.29, 0.717) is 11.5 Å². The number of aryl methyl sites for hydroxylation is 1. The number of Topliss-reactive ketones (excluding diaryl/α,β-unsaturated/α-hetero) is 1. The summed E-state index contributed by atoms with van der Waals surface area (Å²) in [6.45, 7) is 4.31. The van der Waals surface area contributed by atoms with E-state index >= 15 is 0 Å². The molecular weight excluding hydrogens is 268 g/mol. The van der Waals surface area contributed by atoms with E-state index in [1.165, 1.54) is 12.0 Å². The van der Waals surface area contributed by atoms with Crippen molar-refractivity contribution >= 4 is 16.6 Å². The van der Waals surface area contributed by atoms with Gasteiger partial charge >= 0.3 is 0 Å². The minimum absolute atomic E-state index is 0.0178. The molecular formula is C17H24O2S. The second-order valence-electron chi connectivity index (χ2n) is 5.89. The minimum Gasteiger partial charge on any atom is -0.293 e. The fourth-order valence-corrected chi connectivity index (χ4v) is 4.51. The molecule has 20 heavy (non-hydrogen) atoms. The van der Waals surface area contributed by atoms with Crippen molar-refractivity contribution in [1.29, 1.82) is 0 Å². The van der Waals surface area contributed by atoms with Gasteiger partial charge < -0.3 is 0 Å². The van der Waals surface area contributed by atoms with Crippen LogP contribution >= 0.6 is 0 Å². The lowest BCUT2D eigenvalue weighted by atomic mass is 9.91. The summed E-state index contributed by atoms with van der Waals surface area (Å²) in [5.41, 5.74) is 1.92. The molecule has 0 amide bonds. The highest BCUT2D eigenvalue weighted by atomic mass is 32.2. The molecule has 1 aromatic carbocycles. The van der Waals surface area contributed by atoms with Gasteiger partial charge in [-0.1, -0.05) is 51.0 Å². The van der Waals surface area contributed by atoms with Gasteiger partial charge in [-0.3, -0.25) is 9.00 Å². The first-order valence-electron chi connectivity index (χ1n) is 7.59. The molecule has 0 bridgehead atoms. The van der Waals surface area contributed by atoms with E-state index in [1.54, 1.807) is 0 Å². The van der Waals surface area contributed by atoms with E-state index in [9.17, 15) is 9.00 Å². The third-order valence-electron chi connectivity index (χ3n) is 4.22. The van der Waals surface area contributed by atoms with Gasteiger partial charge in [0.15, 0.2) is 5.78 Å². The molecule has 0 spiro atoms. The fraction of sp³-hybridized carbons (Fsp3) is 0.588. The predicted octanol–water partition coefficient (Wildman–Crippen LogP) is 3.76. The summed E-state index contributed by atoms with van der Waals surface area (Å²) < 4.78 is 12.3. The predicted molar refractivity (Wildman–Crippen MR) is 84.6 cm³/mol. The van der Waals surface area contributed by atoms with Crippen LogP contribution < -0.4 is 0 Å². The normalized spacial score (nSPS) is 24.3. The zero-order valence-corrected chi connectivity index (χ0v) is 13.2. The Morgan fingerprint density at radius 3 is 2.55 bits per heavy atom. The molecule has 1 saturated carbocycles. The van der Waals surface area contributed by atoms with Crippen molar-refractivity contribution in [2.24, 2.45) is 5.92 Å². The number of carbonyl (C=O) groups excluding carboxylic acids is 1. The maximum absolute atomic E-state index is 12.3. The third kappa shape index (κ3) is 4.02. The number of benzene rings is 1. The largest absolute Gasteiger partial charge is 0.293 e. The van der Waals surface area contributed by atoms with E-state index in [1.807, 2.05) is 24.3 Å². The summed E-state index contributed by atoms with van der Waals surface area (Å²) in [4.78, 5) is 12.2. The second-order valence-corrected chi connectivity index (χ2v) is 7.61. The number of hydrogen-bond donors (Lipinski definition) is 0. The molecule has 110 valence electrons. The molecule has 1 aliphatic carbocycles. The fourth-order valence-electron chi connectivity index (χ4n) is 2.87. The lowest BCUT2D eigenvalue weighted by Crippen LogP contribution is -2.27. The highest BCUT2D eigenvalue weighted by Gasteiger charge is 2.25. The van der Waals surface area contributed by atoms with Gasteiger partial charge in [-0.15, -0.1) is 0 Å². The molecule has 1 fully saturated rings. The zero-order chi connectivity index (χ0) is 14.5. The monoisotopic (exact) mass is 292 g/mol. The summed E-state index contributed by atoms with van der Waals surface area (Å²) >= 11 is 0. The molecule has 2 rings (SSSR count). The SMILES string of the molecule is CCc1ccc(C(=O)CS(=O)C2CCCC(C)C2)cc1. The van der Waals surface area contributed by atoms with Crippen molar-refractivity contribution in [3.63, 3.8) is 0 Å². The lowest BCUT2D eigenvalue weighted by molar-refractivity contribution is 0.102. The van der Waals surface area contributed by atoms with Gasteiger partial charge in [-0.25, -0.2) is 0 Å². The van der Waals surface area contributed by atoms with Crippen LogP contribution in [0.15, 0.2) is 24.3 Å². The summed E-state index contributed by atoms with van der Waals surface area (Å²) in [5.74, 6) is 0.851. The van der Waals surface area contributed by atoms with E-state index < -0.39 is 10.8 Å². The lowest BCUT2D eigenvalue weighted by Gasteiger charge is -2.25. The van der Waals surface area contributed by atoms with E-state index in [-0.39, 0.29) is 16.8 Å². The maximum Gasteiger partial charge on any atom is 0.175 e. The van der Waals surface area contributed by atoms with E-state index in [4.69, 9.17) is 0 Å². The van der Waals surface area contributed by atoms with Gasteiger partial charge in [0.25, 0.3) is 0 Å². The van der Waals surface area contributed by atoms with Gasteiger partial charge in [0.05, 0.1) is 5.75 Å². The quantitative estimate of drug-likeness (QED) is 0.774. The first kappa shape index (κ1) is 15.4. The number of carbonyl (C=O) groups is 1. The van der Waals surface area contributed by atoms with Crippen LogP contribution in [0.2, 0.25) is 0 Å². The highest BCUT2D eigenvalue weighted by Crippen LogP contribution is 2.27. The van der Waals surface area contributed by atoms with Crippen molar-refractivity contribution in [2.45, 2.75) is 51.2 Å². The molecule has 0 radical (unpaired) electrons. The summed E-state index contributed by atoms with van der Waals surface area (Å²) in [6, 6.07) is 7.70. The van der Waals surface area contributed by atoms with Gasteiger partial charge in [-0.2, -0.15) is 0 Å². The van der Waals surface area contributed by atoms with Crippen molar-refractivity contribution in [1.82, 2.24) is 0 Å². The molecule has 2 nitrogen and oxygen atoms in total. The molecule has 3 atom stereocenters. The number of hydrogen-bond acceptors (Lipinski definition) is 2. The Labute approximate surface area is 124 Å². The Bertz CT molecular complexity index is 478. The Morgan fingerprint density at radius 1 is 1.25 bits per heavy atom. The first-order chi connectivity index (χ1) is 9.60. The minimum atomic E-state index is -1.01. The zero-order valence-electron chi connectivity index (χ0n) is 12.4. The van der Waals surface area contributed by atoms with Crippen LogP contribution in [0.5, 0.6) is 0 Å². The van der Waals surface area contributed by atoms with Crippen LogP contribution in [0, 0.1) is 5.92 Å². The Kier molecular flexibility index (Phi) is 5.53. The van der Waals surface area contributed by atoms with Crippen molar-refractivity contribution in [2.75, 3.05) is 5.75 Å². The molecule has 3 heteroatoms. The standard InChI is InChI=1S/C17H24O2S/c1-3-14-7-9-15(10-8-14)17(18)12-20(19)16-6-4-5-13(2)11-16/h7-10,13,16H,3-6,11-12H2,1-2H3. The molecule has 0 aromatic heterocycles. The summed E-state index contributed by atoms with van der Waals surface area (Å²) in [7, 11) is -1.01. The average molecular weight is 292 g/mol. The maximum atomic E-state index is 12.3. The number of ketones is 1. The molecule has 0 saturated heterocycles. The highest BCUT2D eigenvalue weighted by molar-refractivity contribution is 7.86. The second kappa shape index (κ2) is 7.16. The molecule has 0 N–H and O–H groups in total. The molecule has 3 unspecified atom stereocenters. The van der Waals surface area contributed by atoms with Gasteiger partial charge in [0.1, 0.15) is 0 Å². The van der Waals surface area contributed by atoms with Crippen LogP contribution in [0.25, 0.3) is 0 Å². The summed E-state index contributed by atoms with van der Waals surface area (Å²) in [5, 5.41) is 0.220. The molecule has 0 heterocycles. The Balaban J connectivity index is 1.94. The van der Waals surface area contributed by atoms with E-state index in [0.717, 1.165) is 25.7 Å². The Morgan fingerprint density at radius 2 is 1.95 bits per heavy atom. The van der Waals surface area contributed by atoms with Crippen molar-refractivity contribution in [3.05, 3.63) is 35.4 Å². The topological polar surface area (TPSA) is 34.1 Å². The summed E-state index contributed by atoms with van der Waals surface area (Å²) in [6.07, 6.45) is 5.38. The van der Waals surface area contributed by atoms with Gasteiger partial charge in [0.2, 0.25) is 0 Å². The van der Waals surface area contributed by atoms with Crippen LogP contribution in [-0.2, 0) is 17.2 Å². The van der Waals surface area contributed by atoms with Crippen LogP contribution in [0.4, 0.5) is 0 Å². The number of rotatable bonds is 5. The molecule has 0 aliphatic heterocycles. The van der Waals surface area contributed by atoms with E-state index in [2.05, 4.69) is 13.8 Å². The van der Waals surface area contributed by atoms with Crippen LogP contribution in [0.3, 0.4) is 0 Å².